The fraction of sp³-hybridized carbons (Fsp3) is 0.417. The summed E-state index contributed by atoms with van der Waals surface area (Å²) in [6.07, 6.45) is 3.26. The van der Waals surface area contributed by atoms with Crippen LogP contribution in [0.1, 0.15) is 30.7 Å². The van der Waals surface area contributed by atoms with E-state index in [1.54, 1.807) is 0 Å². The zero-order valence-electron chi connectivity index (χ0n) is 8.52. The number of para-hydroxylation sites is 1. The third kappa shape index (κ3) is 1.68. The van der Waals surface area contributed by atoms with Gasteiger partial charge in [-0.3, -0.25) is 4.99 Å². The molecule has 0 radical (unpaired) electrons. The smallest absolute Gasteiger partial charge is 0.0667 e. The second-order valence-corrected chi connectivity index (χ2v) is 4.25. The zero-order valence-corrected chi connectivity index (χ0v) is 9.33. The first-order chi connectivity index (χ1) is 6.84. The summed E-state index contributed by atoms with van der Waals surface area (Å²) >= 11 is 0. The molecule has 2 unspecified atom stereocenters. The van der Waals surface area contributed by atoms with Crippen molar-refractivity contribution in [3.8, 4) is 0 Å². The van der Waals surface area contributed by atoms with Gasteiger partial charge in [0.25, 0.3) is 0 Å². The minimum Gasteiger partial charge on any atom is -0.328 e. The Kier molecular flexibility index (Phi) is 2.81. The van der Waals surface area contributed by atoms with Crippen LogP contribution in [0.4, 0.5) is 5.69 Å². The molecule has 1 aromatic carbocycles. The predicted octanol–water partition coefficient (Wildman–Crippen LogP) is 2.79. The van der Waals surface area contributed by atoms with Crippen LogP contribution in [0.5, 0.6) is 0 Å². The second kappa shape index (κ2) is 3.95. The van der Waals surface area contributed by atoms with Gasteiger partial charge >= 0.3 is 0 Å². The average Bonchev–Trinajstić information content (AvgIpc) is 2.56. The van der Waals surface area contributed by atoms with E-state index in [1.165, 1.54) is 17.0 Å². The number of nitrogens with two attached hydrogens (primary N) is 1. The van der Waals surface area contributed by atoms with Crippen LogP contribution < -0.4 is 5.73 Å². The standard InChI is InChI=1S/C12H14N2.ClH/c13-8-5-6-12-10(7-8)9-3-1-2-4-11(9)14-12;/h1-4,8,10H,5-7,13H2;1H. The molecule has 0 saturated heterocycles. The van der Waals surface area contributed by atoms with E-state index in [1.807, 2.05) is 0 Å². The van der Waals surface area contributed by atoms with Crippen molar-refractivity contribution in [2.24, 2.45) is 10.7 Å². The minimum atomic E-state index is 0. The van der Waals surface area contributed by atoms with Crippen molar-refractivity contribution < 1.29 is 0 Å². The molecule has 15 heavy (non-hydrogen) atoms. The van der Waals surface area contributed by atoms with Gasteiger partial charge in [-0.25, -0.2) is 0 Å². The molecular formula is C12H15ClN2. The van der Waals surface area contributed by atoms with Gasteiger partial charge in [0, 0.05) is 17.7 Å². The van der Waals surface area contributed by atoms with Crippen LogP contribution in [0.2, 0.25) is 0 Å². The molecule has 0 aromatic heterocycles. The lowest BCUT2D eigenvalue weighted by molar-refractivity contribution is 0.528. The Hall–Kier alpha value is -0.860. The molecule has 2 atom stereocenters. The molecule has 2 N–H and O–H groups in total. The van der Waals surface area contributed by atoms with E-state index in [9.17, 15) is 0 Å². The zero-order chi connectivity index (χ0) is 9.54. The normalized spacial score (nSPS) is 27.4. The number of benzene rings is 1. The number of rotatable bonds is 0. The monoisotopic (exact) mass is 222 g/mol. The molecule has 3 rings (SSSR count). The molecule has 2 aliphatic rings. The van der Waals surface area contributed by atoms with Gasteiger partial charge < -0.3 is 5.73 Å². The summed E-state index contributed by atoms with van der Waals surface area (Å²) in [5.74, 6) is 0.523. The molecule has 2 nitrogen and oxygen atoms in total. The summed E-state index contributed by atoms with van der Waals surface area (Å²) in [4.78, 5) is 4.67. The molecule has 0 spiro atoms. The second-order valence-electron chi connectivity index (χ2n) is 4.25. The number of nitrogens with zero attached hydrogens (tertiary/aromatic N) is 1. The van der Waals surface area contributed by atoms with Gasteiger partial charge in [0.2, 0.25) is 0 Å². The molecule has 3 heteroatoms. The lowest BCUT2D eigenvalue weighted by Crippen LogP contribution is -2.30. The third-order valence-electron chi connectivity index (χ3n) is 3.29. The van der Waals surface area contributed by atoms with Gasteiger partial charge in [0.15, 0.2) is 0 Å². The summed E-state index contributed by atoms with van der Waals surface area (Å²) in [6, 6.07) is 8.81. The highest BCUT2D eigenvalue weighted by Crippen LogP contribution is 2.41. The lowest BCUT2D eigenvalue weighted by atomic mass is 9.81. The molecule has 1 aliphatic heterocycles. The lowest BCUT2D eigenvalue weighted by Gasteiger charge is -2.25. The molecule has 1 heterocycles. The largest absolute Gasteiger partial charge is 0.328 e. The Bertz CT molecular complexity index is 400. The Morgan fingerprint density at radius 3 is 2.93 bits per heavy atom. The Morgan fingerprint density at radius 2 is 2.07 bits per heavy atom. The molecule has 1 fully saturated rings. The minimum absolute atomic E-state index is 0. The highest BCUT2D eigenvalue weighted by Gasteiger charge is 2.31. The SMILES string of the molecule is Cl.NC1CCC2=Nc3ccccc3C2C1. The van der Waals surface area contributed by atoms with Crippen molar-refractivity contribution in [2.75, 3.05) is 0 Å². The quantitative estimate of drug-likeness (QED) is 0.720. The molecule has 0 bridgehead atoms. The third-order valence-corrected chi connectivity index (χ3v) is 3.29. The van der Waals surface area contributed by atoms with Crippen LogP contribution in [-0.2, 0) is 0 Å². The molecule has 1 saturated carbocycles. The van der Waals surface area contributed by atoms with Crippen LogP contribution >= 0.6 is 12.4 Å². The van der Waals surface area contributed by atoms with Crippen LogP contribution in [-0.4, -0.2) is 11.8 Å². The van der Waals surface area contributed by atoms with E-state index in [0.717, 1.165) is 19.3 Å². The summed E-state index contributed by atoms with van der Waals surface area (Å²) in [7, 11) is 0. The van der Waals surface area contributed by atoms with Crippen LogP contribution in [0.15, 0.2) is 29.3 Å². The van der Waals surface area contributed by atoms with Gasteiger partial charge in [-0.15, -0.1) is 12.4 Å². The molecular weight excluding hydrogens is 208 g/mol. The maximum Gasteiger partial charge on any atom is 0.0667 e. The van der Waals surface area contributed by atoms with Crippen molar-refractivity contribution >= 4 is 23.8 Å². The van der Waals surface area contributed by atoms with Gasteiger partial charge in [-0.2, -0.15) is 0 Å². The number of aliphatic imine (C=N–C) groups is 1. The van der Waals surface area contributed by atoms with Crippen molar-refractivity contribution in [3.63, 3.8) is 0 Å². The molecule has 1 aromatic rings. The van der Waals surface area contributed by atoms with Gasteiger partial charge in [0.05, 0.1) is 5.69 Å². The van der Waals surface area contributed by atoms with E-state index in [0.29, 0.717) is 12.0 Å². The molecule has 80 valence electrons. The fourth-order valence-corrected chi connectivity index (χ4v) is 2.54. The van der Waals surface area contributed by atoms with Crippen molar-refractivity contribution in [1.29, 1.82) is 0 Å². The number of hydrogen-bond acceptors (Lipinski definition) is 2. The van der Waals surface area contributed by atoms with Gasteiger partial charge in [-0.05, 0) is 30.9 Å². The summed E-state index contributed by atoms with van der Waals surface area (Å²) in [5.41, 5.74) is 9.90. The highest BCUT2D eigenvalue weighted by molar-refractivity contribution is 5.98. The Labute approximate surface area is 96.0 Å². The van der Waals surface area contributed by atoms with Crippen molar-refractivity contribution in [1.82, 2.24) is 0 Å². The van der Waals surface area contributed by atoms with Gasteiger partial charge in [0.1, 0.15) is 0 Å². The number of hydrogen-bond donors (Lipinski definition) is 1. The topological polar surface area (TPSA) is 38.4 Å². The van der Waals surface area contributed by atoms with E-state index >= 15 is 0 Å². The van der Waals surface area contributed by atoms with E-state index in [-0.39, 0.29) is 12.4 Å². The first-order valence-corrected chi connectivity index (χ1v) is 5.26. The maximum absolute atomic E-state index is 5.99. The summed E-state index contributed by atoms with van der Waals surface area (Å²) < 4.78 is 0. The van der Waals surface area contributed by atoms with Crippen LogP contribution in [0, 0.1) is 0 Å². The van der Waals surface area contributed by atoms with Gasteiger partial charge in [-0.1, -0.05) is 18.2 Å². The summed E-state index contributed by atoms with van der Waals surface area (Å²) in [6.45, 7) is 0. The van der Waals surface area contributed by atoms with Crippen molar-refractivity contribution in [3.05, 3.63) is 29.8 Å². The Balaban J connectivity index is 0.000000853. The molecule has 1 aliphatic carbocycles. The van der Waals surface area contributed by atoms with E-state index in [2.05, 4.69) is 29.3 Å². The van der Waals surface area contributed by atoms with Crippen molar-refractivity contribution in [2.45, 2.75) is 31.2 Å². The first kappa shape index (κ1) is 10.7. The fourth-order valence-electron chi connectivity index (χ4n) is 2.54. The highest BCUT2D eigenvalue weighted by atomic mass is 35.5. The van der Waals surface area contributed by atoms with Crippen LogP contribution in [0.3, 0.4) is 0 Å². The molecule has 0 amide bonds. The number of halogens is 1. The first-order valence-electron chi connectivity index (χ1n) is 5.26. The average molecular weight is 223 g/mol. The Morgan fingerprint density at radius 1 is 1.27 bits per heavy atom. The summed E-state index contributed by atoms with van der Waals surface area (Å²) in [5, 5.41) is 0. The van der Waals surface area contributed by atoms with E-state index < -0.39 is 0 Å². The van der Waals surface area contributed by atoms with E-state index in [4.69, 9.17) is 5.73 Å². The predicted molar refractivity (Wildman–Crippen MR) is 65.4 cm³/mol. The maximum atomic E-state index is 5.99. The van der Waals surface area contributed by atoms with Crippen LogP contribution in [0.25, 0.3) is 0 Å². The number of fused-ring (bicyclic) bond motifs is 3.